The smallest absolute Gasteiger partial charge is 0.251 e. The van der Waals surface area contributed by atoms with E-state index in [-0.39, 0.29) is 18.3 Å². The summed E-state index contributed by atoms with van der Waals surface area (Å²) in [5.41, 5.74) is 2.12. The molecule has 5 nitrogen and oxygen atoms in total. The third-order valence-electron chi connectivity index (χ3n) is 3.13. The van der Waals surface area contributed by atoms with E-state index < -0.39 is 10.0 Å². The molecule has 0 atom stereocenters. The number of halogens is 1. The van der Waals surface area contributed by atoms with E-state index in [2.05, 4.69) is 10.0 Å². The molecule has 23 heavy (non-hydrogen) atoms. The number of carbonyl (C=O) groups is 1. The average molecular weight is 336 g/mol. The van der Waals surface area contributed by atoms with Gasteiger partial charge in [0.25, 0.3) is 5.91 Å². The zero-order valence-electron chi connectivity index (χ0n) is 12.8. The van der Waals surface area contributed by atoms with Crippen molar-refractivity contribution >= 4 is 21.6 Å². The Kier molecular flexibility index (Phi) is 5.00. The highest BCUT2D eigenvalue weighted by Gasteiger charge is 2.10. The van der Waals surface area contributed by atoms with Crippen LogP contribution >= 0.6 is 0 Å². The molecule has 0 aliphatic carbocycles. The van der Waals surface area contributed by atoms with Gasteiger partial charge in [0.1, 0.15) is 5.82 Å². The van der Waals surface area contributed by atoms with Gasteiger partial charge in [0.2, 0.25) is 10.0 Å². The van der Waals surface area contributed by atoms with Crippen LogP contribution in [0.1, 0.15) is 21.5 Å². The Balaban J connectivity index is 2.06. The van der Waals surface area contributed by atoms with Crippen LogP contribution in [0.2, 0.25) is 0 Å². The highest BCUT2D eigenvalue weighted by molar-refractivity contribution is 7.92. The van der Waals surface area contributed by atoms with Crippen molar-refractivity contribution in [2.45, 2.75) is 13.5 Å². The molecule has 2 aromatic carbocycles. The Labute approximate surface area is 134 Å². The summed E-state index contributed by atoms with van der Waals surface area (Å²) in [5.74, 6) is -0.674. The summed E-state index contributed by atoms with van der Waals surface area (Å²) in [5, 5.41) is 2.69. The zero-order chi connectivity index (χ0) is 17.0. The van der Waals surface area contributed by atoms with Crippen LogP contribution in [0.4, 0.5) is 10.1 Å². The Morgan fingerprint density at radius 2 is 1.91 bits per heavy atom. The minimum atomic E-state index is -3.37. The zero-order valence-corrected chi connectivity index (χ0v) is 13.6. The maximum atomic E-state index is 13.1. The quantitative estimate of drug-likeness (QED) is 0.880. The van der Waals surface area contributed by atoms with Gasteiger partial charge in [-0.25, -0.2) is 12.8 Å². The van der Waals surface area contributed by atoms with Gasteiger partial charge in [-0.05, 0) is 48.4 Å². The minimum Gasteiger partial charge on any atom is -0.348 e. The summed E-state index contributed by atoms with van der Waals surface area (Å²) in [4.78, 5) is 12.1. The molecular weight excluding hydrogens is 319 g/mol. The Morgan fingerprint density at radius 3 is 2.52 bits per heavy atom. The summed E-state index contributed by atoms with van der Waals surface area (Å²) in [6, 6.07) is 10.6. The van der Waals surface area contributed by atoms with Gasteiger partial charge >= 0.3 is 0 Å². The third-order valence-corrected chi connectivity index (χ3v) is 3.72. The van der Waals surface area contributed by atoms with E-state index >= 15 is 0 Å². The first kappa shape index (κ1) is 17.0. The van der Waals surface area contributed by atoms with Crippen molar-refractivity contribution < 1.29 is 17.6 Å². The van der Waals surface area contributed by atoms with Crippen molar-refractivity contribution in [3.8, 4) is 0 Å². The number of amides is 1. The predicted octanol–water partition coefficient (Wildman–Crippen LogP) is 2.44. The van der Waals surface area contributed by atoms with E-state index in [9.17, 15) is 17.6 Å². The van der Waals surface area contributed by atoms with E-state index in [1.807, 2.05) is 0 Å². The first-order valence-electron chi connectivity index (χ1n) is 6.86. The van der Waals surface area contributed by atoms with Crippen molar-refractivity contribution in [1.82, 2.24) is 5.32 Å². The second-order valence-electron chi connectivity index (χ2n) is 5.22. The van der Waals surface area contributed by atoms with Gasteiger partial charge in [-0.15, -0.1) is 0 Å². The largest absolute Gasteiger partial charge is 0.348 e. The Morgan fingerprint density at radius 1 is 1.17 bits per heavy atom. The normalized spacial score (nSPS) is 11.1. The van der Waals surface area contributed by atoms with Gasteiger partial charge in [0.15, 0.2) is 0 Å². The minimum absolute atomic E-state index is 0.207. The van der Waals surface area contributed by atoms with E-state index in [0.29, 0.717) is 22.4 Å². The van der Waals surface area contributed by atoms with Crippen molar-refractivity contribution in [2.24, 2.45) is 0 Å². The molecule has 2 N–H and O–H groups in total. The molecule has 0 fully saturated rings. The molecule has 0 bridgehead atoms. The van der Waals surface area contributed by atoms with Crippen LogP contribution in [0.25, 0.3) is 0 Å². The number of carbonyl (C=O) groups excluding carboxylic acids is 1. The molecule has 0 saturated heterocycles. The van der Waals surface area contributed by atoms with Gasteiger partial charge < -0.3 is 5.32 Å². The average Bonchev–Trinajstić information content (AvgIpc) is 2.45. The lowest BCUT2D eigenvalue weighted by Crippen LogP contribution is -2.23. The van der Waals surface area contributed by atoms with Crippen molar-refractivity contribution in [1.29, 1.82) is 0 Å². The van der Waals surface area contributed by atoms with Crippen molar-refractivity contribution in [3.05, 3.63) is 65.0 Å². The highest BCUT2D eigenvalue weighted by atomic mass is 32.2. The second-order valence-corrected chi connectivity index (χ2v) is 6.96. The summed E-state index contributed by atoms with van der Waals surface area (Å²) >= 11 is 0. The topological polar surface area (TPSA) is 75.3 Å². The first-order valence-corrected chi connectivity index (χ1v) is 8.75. The lowest BCUT2D eigenvalue weighted by atomic mass is 10.1. The number of anilines is 1. The maximum absolute atomic E-state index is 13.1. The third kappa shape index (κ3) is 5.07. The second kappa shape index (κ2) is 6.78. The van der Waals surface area contributed by atoms with Gasteiger partial charge in [-0.1, -0.05) is 12.1 Å². The number of hydrogen-bond donors (Lipinski definition) is 2. The maximum Gasteiger partial charge on any atom is 0.251 e. The number of sulfonamides is 1. The summed E-state index contributed by atoms with van der Waals surface area (Å²) < 4.78 is 37.9. The van der Waals surface area contributed by atoms with Crippen LogP contribution in [-0.4, -0.2) is 20.6 Å². The van der Waals surface area contributed by atoms with Gasteiger partial charge in [-0.3, -0.25) is 9.52 Å². The fraction of sp³-hybridized carbons (Fsp3) is 0.188. The van der Waals surface area contributed by atoms with Crippen LogP contribution in [0.15, 0.2) is 42.5 Å². The first-order chi connectivity index (χ1) is 10.7. The number of benzene rings is 2. The van der Waals surface area contributed by atoms with Crippen LogP contribution in [0.5, 0.6) is 0 Å². The molecule has 0 saturated carbocycles. The highest BCUT2D eigenvalue weighted by Crippen LogP contribution is 2.17. The molecule has 0 aliphatic heterocycles. The number of aryl methyl sites for hydroxylation is 1. The van der Waals surface area contributed by atoms with E-state index in [1.54, 1.807) is 25.1 Å². The monoisotopic (exact) mass is 336 g/mol. The van der Waals surface area contributed by atoms with Gasteiger partial charge in [0.05, 0.1) is 11.9 Å². The molecule has 0 unspecified atom stereocenters. The molecule has 0 aromatic heterocycles. The molecule has 2 aromatic rings. The fourth-order valence-electron chi connectivity index (χ4n) is 2.05. The molecule has 122 valence electrons. The predicted molar refractivity (Wildman–Crippen MR) is 87.2 cm³/mol. The molecule has 0 spiro atoms. The number of rotatable bonds is 5. The van der Waals surface area contributed by atoms with E-state index in [0.717, 1.165) is 6.26 Å². The van der Waals surface area contributed by atoms with Crippen molar-refractivity contribution in [3.63, 3.8) is 0 Å². The summed E-state index contributed by atoms with van der Waals surface area (Å²) in [7, 11) is -3.37. The lowest BCUT2D eigenvalue weighted by molar-refractivity contribution is 0.0951. The molecule has 1 amide bonds. The molecule has 0 heterocycles. The Bertz CT molecular complexity index is 835. The van der Waals surface area contributed by atoms with Crippen LogP contribution in [0.3, 0.4) is 0 Å². The van der Waals surface area contributed by atoms with Crippen molar-refractivity contribution in [2.75, 3.05) is 11.0 Å². The van der Waals surface area contributed by atoms with Gasteiger partial charge in [0, 0.05) is 12.1 Å². The standard InChI is InChI=1S/C16H17FN2O3S/c1-11-8-13(6-7-15(11)19-23(2,21)22)16(20)18-10-12-4-3-5-14(17)9-12/h3-9,19H,10H2,1-2H3,(H,18,20). The fourth-order valence-corrected chi connectivity index (χ4v) is 2.68. The summed E-state index contributed by atoms with van der Waals surface area (Å²) in [6.07, 6.45) is 1.06. The van der Waals surface area contributed by atoms with E-state index in [4.69, 9.17) is 0 Å². The lowest BCUT2D eigenvalue weighted by Gasteiger charge is -2.10. The molecule has 0 aliphatic rings. The van der Waals surface area contributed by atoms with Crippen LogP contribution < -0.4 is 10.0 Å². The van der Waals surface area contributed by atoms with Crippen LogP contribution in [-0.2, 0) is 16.6 Å². The number of hydrogen-bond acceptors (Lipinski definition) is 3. The summed E-state index contributed by atoms with van der Waals surface area (Å²) in [6.45, 7) is 1.91. The molecule has 7 heteroatoms. The van der Waals surface area contributed by atoms with E-state index in [1.165, 1.54) is 24.3 Å². The Hall–Kier alpha value is -2.41. The molecular formula is C16H17FN2O3S. The molecule has 2 rings (SSSR count). The number of nitrogens with one attached hydrogen (secondary N) is 2. The van der Waals surface area contributed by atoms with Gasteiger partial charge in [-0.2, -0.15) is 0 Å². The van der Waals surface area contributed by atoms with Crippen LogP contribution in [0, 0.1) is 12.7 Å². The SMILES string of the molecule is Cc1cc(C(=O)NCc2cccc(F)c2)ccc1NS(C)(=O)=O. The molecule has 0 radical (unpaired) electrons.